The number of sulfonamides is 1. The summed E-state index contributed by atoms with van der Waals surface area (Å²) in [6, 6.07) is 1.95. The minimum Gasteiger partial charge on any atom is -0.390 e. The number of hydrogen-bond donors (Lipinski definition) is 2. The van der Waals surface area contributed by atoms with Gasteiger partial charge in [0.25, 0.3) is 0 Å². The Morgan fingerprint density at radius 1 is 1.45 bits per heavy atom. The van der Waals surface area contributed by atoms with Crippen LogP contribution in [-0.2, 0) is 16.6 Å². The molecular weight excluding hydrogens is 276 g/mol. The molecule has 1 aromatic heterocycles. The molecule has 0 saturated heterocycles. The predicted octanol–water partition coefficient (Wildman–Crippen LogP) is 1.64. The molecule has 0 radical (unpaired) electrons. The maximum Gasteiger partial charge on any atom is 0.242 e. The van der Waals surface area contributed by atoms with E-state index in [4.69, 9.17) is 0 Å². The third-order valence-electron chi connectivity index (χ3n) is 4.56. The lowest BCUT2D eigenvalue weighted by atomic mass is 10.1. The SMILES string of the molecule is CC1(C)CC1CNS(=O)(=O)c1cc(CO)n(C2CC2)c1. The first-order valence-corrected chi connectivity index (χ1v) is 8.63. The molecular formula is C14H22N2O3S. The third-order valence-corrected chi connectivity index (χ3v) is 5.95. The Morgan fingerprint density at radius 3 is 2.60 bits per heavy atom. The first kappa shape index (κ1) is 14.1. The van der Waals surface area contributed by atoms with Crippen molar-refractivity contribution in [2.45, 2.75) is 50.7 Å². The molecule has 0 spiro atoms. The van der Waals surface area contributed by atoms with Crippen LogP contribution in [0.2, 0.25) is 0 Å². The second-order valence-corrected chi connectivity index (χ2v) is 8.47. The summed E-state index contributed by atoms with van der Waals surface area (Å²) in [4.78, 5) is 0.270. The highest BCUT2D eigenvalue weighted by molar-refractivity contribution is 7.89. The highest BCUT2D eigenvalue weighted by Gasteiger charge is 2.45. The van der Waals surface area contributed by atoms with E-state index in [2.05, 4.69) is 18.6 Å². The maximum absolute atomic E-state index is 12.3. The Kier molecular flexibility index (Phi) is 3.23. The molecule has 1 aromatic rings. The van der Waals surface area contributed by atoms with Crippen LogP contribution in [0.3, 0.4) is 0 Å². The lowest BCUT2D eigenvalue weighted by Crippen LogP contribution is -2.26. The molecule has 112 valence electrons. The number of aliphatic hydroxyl groups is 1. The fourth-order valence-electron chi connectivity index (χ4n) is 2.68. The second-order valence-electron chi connectivity index (χ2n) is 6.71. The Bertz CT molecular complexity index is 614. The number of nitrogens with one attached hydrogen (secondary N) is 1. The summed E-state index contributed by atoms with van der Waals surface area (Å²) in [5.74, 6) is 0.431. The van der Waals surface area contributed by atoms with Crippen LogP contribution < -0.4 is 4.72 Å². The minimum atomic E-state index is -3.46. The molecule has 5 nitrogen and oxygen atoms in total. The summed E-state index contributed by atoms with van der Waals surface area (Å²) >= 11 is 0. The zero-order valence-electron chi connectivity index (χ0n) is 12.0. The Labute approximate surface area is 120 Å². The van der Waals surface area contributed by atoms with Crippen molar-refractivity contribution in [3.05, 3.63) is 18.0 Å². The van der Waals surface area contributed by atoms with Crippen LogP contribution >= 0.6 is 0 Å². The molecule has 0 amide bonds. The molecule has 1 atom stereocenters. The topological polar surface area (TPSA) is 71.3 Å². The van der Waals surface area contributed by atoms with Crippen molar-refractivity contribution in [3.63, 3.8) is 0 Å². The number of rotatable bonds is 6. The normalized spacial score (nSPS) is 24.9. The van der Waals surface area contributed by atoms with Gasteiger partial charge in [0.2, 0.25) is 10.0 Å². The van der Waals surface area contributed by atoms with Crippen LogP contribution in [0, 0.1) is 11.3 Å². The third kappa shape index (κ3) is 2.64. The van der Waals surface area contributed by atoms with Crippen LogP contribution in [0.25, 0.3) is 0 Å². The average molecular weight is 298 g/mol. The lowest BCUT2D eigenvalue weighted by Gasteiger charge is -2.06. The number of hydrogen-bond acceptors (Lipinski definition) is 3. The summed E-state index contributed by atoms with van der Waals surface area (Å²) < 4.78 is 29.2. The van der Waals surface area contributed by atoms with Gasteiger partial charge in [0.15, 0.2) is 0 Å². The second kappa shape index (κ2) is 4.58. The van der Waals surface area contributed by atoms with E-state index in [9.17, 15) is 13.5 Å². The first-order chi connectivity index (χ1) is 9.33. The van der Waals surface area contributed by atoms with Crippen molar-refractivity contribution in [1.29, 1.82) is 0 Å². The van der Waals surface area contributed by atoms with Gasteiger partial charge in [-0.1, -0.05) is 13.8 Å². The highest BCUT2D eigenvalue weighted by atomic mass is 32.2. The molecule has 2 fully saturated rings. The molecule has 0 aliphatic heterocycles. The largest absolute Gasteiger partial charge is 0.390 e. The van der Waals surface area contributed by atoms with Crippen molar-refractivity contribution in [2.75, 3.05) is 6.54 Å². The lowest BCUT2D eigenvalue weighted by molar-refractivity contribution is 0.270. The van der Waals surface area contributed by atoms with Gasteiger partial charge in [-0.05, 0) is 36.7 Å². The predicted molar refractivity (Wildman–Crippen MR) is 75.7 cm³/mol. The highest BCUT2D eigenvalue weighted by Crippen LogP contribution is 2.51. The average Bonchev–Trinajstić information content (AvgIpc) is 3.26. The molecule has 1 heterocycles. The molecule has 2 aliphatic carbocycles. The van der Waals surface area contributed by atoms with E-state index < -0.39 is 10.0 Å². The maximum atomic E-state index is 12.3. The number of aliphatic hydroxyl groups excluding tert-OH is 1. The molecule has 0 aromatic carbocycles. The van der Waals surface area contributed by atoms with Gasteiger partial charge in [-0.3, -0.25) is 0 Å². The summed E-state index contributed by atoms with van der Waals surface area (Å²) in [6.45, 7) is 4.68. The summed E-state index contributed by atoms with van der Waals surface area (Å²) in [7, 11) is -3.46. The minimum absolute atomic E-state index is 0.123. The summed E-state index contributed by atoms with van der Waals surface area (Å²) in [5, 5.41) is 9.33. The van der Waals surface area contributed by atoms with E-state index in [1.54, 1.807) is 12.3 Å². The molecule has 20 heavy (non-hydrogen) atoms. The van der Waals surface area contributed by atoms with E-state index in [0.717, 1.165) is 19.3 Å². The first-order valence-electron chi connectivity index (χ1n) is 7.15. The van der Waals surface area contributed by atoms with E-state index in [-0.39, 0.29) is 16.9 Å². The van der Waals surface area contributed by atoms with E-state index in [1.165, 1.54) is 0 Å². The monoisotopic (exact) mass is 298 g/mol. The van der Waals surface area contributed by atoms with Gasteiger partial charge in [-0.25, -0.2) is 13.1 Å². The summed E-state index contributed by atoms with van der Waals surface area (Å²) in [6.07, 6.45) is 4.85. The van der Waals surface area contributed by atoms with E-state index in [1.807, 2.05) is 4.57 Å². The van der Waals surface area contributed by atoms with E-state index in [0.29, 0.717) is 24.2 Å². The molecule has 6 heteroatoms. The van der Waals surface area contributed by atoms with Crippen LogP contribution in [-0.4, -0.2) is 24.6 Å². The molecule has 0 bridgehead atoms. The zero-order chi connectivity index (χ0) is 14.5. The van der Waals surface area contributed by atoms with E-state index >= 15 is 0 Å². The molecule has 2 N–H and O–H groups in total. The van der Waals surface area contributed by atoms with Crippen molar-refractivity contribution in [3.8, 4) is 0 Å². The number of nitrogens with zero attached hydrogens (tertiary/aromatic N) is 1. The molecule has 1 unspecified atom stereocenters. The van der Waals surface area contributed by atoms with Crippen molar-refractivity contribution >= 4 is 10.0 Å². The van der Waals surface area contributed by atoms with Crippen molar-refractivity contribution in [2.24, 2.45) is 11.3 Å². The van der Waals surface area contributed by atoms with Gasteiger partial charge in [0.05, 0.1) is 11.5 Å². The van der Waals surface area contributed by atoms with Gasteiger partial charge >= 0.3 is 0 Å². The van der Waals surface area contributed by atoms with Gasteiger partial charge in [0, 0.05) is 24.5 Å². The number of aromatic nitrogens is 1. The van der Waals surface area contributed by atoms with Crippen LogP contribution in [0.5, 0.6) is 0 Å². The zero-order valence-corrected chi connectivity index (χ0v) is 12.8. The molecule has 2 aliphatic rings. The van der Waals surface area contributed by atoms with Gasteiger partial charge in [-0.15, -0.1) is 0 Å². The quantitative estimate of drug-likeness (QED) is 0.838. The van der Waals surface area contributed by atoms with Crippen molar-refractivity contribution < 1.29 is 13.5 Å². The standard InChI is InChI=1S/C14H22N2O3S/c1-14(2)6-10(14)7-15-20(18,19)13-5-12(9-17)16(8-13)11-3-4-11/h5,8,10-11,15,17H,3-4,6-7,9H2,1-2H3. The summed E-state index contributed by atoms with van der Waals surface area (Å²) in [5.41, 5.74) is 0.943. The fraction of sp³-hybridized carbons (Fsp3) is 0.714. The fourth-order valence-corrected chi connectivity index (χ4v) is 3.81. The Morgan fingerprint density at radius 2 is 2.10 bits per heavy atom. The Hall–Kier alpha value is -0.850. The van der Waals surface area contributed by atoms with Gasteiger partial charge < -0.3 is 9.67 Å². The van der Waals surface area contributed by atoms with Gasteiger partial charge in [0.1, 0.15) is 0 Å². The molecule has 2 saturated carbocycles. The molecule has 3 rings (SSSR count). The van der Waals surface area contributed by atoms with Crippen molar-refractivity contribution in [1.82, 2.24) is 9.29 Å². The smallest absolute Gasteiger partial charge is 0.242 e. The van der Waals surface area contributed by atoms with Crippen LogP contribution in [0.4, 0.5) is 0 Å². The Balaban J connectivity index is 1.73. The van der Waals surface area contributed by atoms with Crippen LogP contribution in [0.1, 0.15) is 44.8 Å². The van der Waals surface area contributed by atoms with Gasteiger partial charge in [-0.2, -0.15) is 0 Å². The van der Waals surface area contributed by atoms with Crippen LogP contribution in [0.15, 0.2) is 17.2 Å².